The van der Waals surface area contributed by atoms with Crippen molar-refractivity contribution in [1.29, 1.82) is 0 Å². The van der Waals surface area contributed by atoms with E-state index in [4.69, 9.17) is 4.74 Å². The van der Waals surface area contributed by atoms with Crippen LogP contribution in [0.3, 0.4) is 0 Å². The molecule has 1 N–H and O–H groups in total. The van der Waals surface area contributed by atoms with Crippen LogP contribution >= 0.6 is 11.8 Å². The van der Waals surface area contributed by atoms with Crippen molar-refractivity contribution in [2.24, 2.45) is 0 Å². The van der Waals surface area contributed by atoms with E-state index in [2.05, 4.69) is 36.5 Å². The van der Waals surface area contributed by atoms with Crippen molar-refractivity contribution < 1.29 is 4.74 Å². The Morgan fingerprint density at radius 3 is 2.48 bits per heavy atom. The number of hydrogen-bond donors (Lipinski definition) is 1. The van der Waals surface area contributed by atoms with E-state index in [0.717, 1.165) is 37.6 Å². The minimum Gasteiger partial charge on any atom is -0.494 e. The molecule has 0 aliphatic heterocycles. The highest BCUT2D eigenvalue weighted by Gasteiger charge is 1.97. The molecule has 2 nitrogen and oxygen atoms in total. The number of ether oxygens (including phenoxy) is 1. The van der Waals surface area contributed by atoms with Gasteiger partial charge in [0.25, 0.3) is 0 Å². The average molecular weight is 301 g/mol. The zero-order valence-electron chi connectivity index (χ0n) is 12.5. The van der Waals surface area contributed by atoms with Gasteiger partial charge in [-0.2, -0.15) is 0 Å². The third-order valence-corrected chi connectivity index (χ3v) is 4.17. The van der Waals surface area contributed by atoms with E-state index in [1.54, 1.807) is 0 Å². The van der Waals surface area contributed by atoms with E-state index >= 15 is 0 Å². The van der Waals surface area contributed by atoms with Gasteiger partial charge in [0.1, 0.15) is 5.75 Å². The first-order valence-corrected chi connectivity index (χ1v) is 8.47. The second kappa shape index (κ2) is 9.48. The largest absolute Gasteiger partial charge is 0.494 e. The summed E-state index contributed by atoms with van der Waals surface area (Å²) in [6.07, 6.45) is 1.05. The topological polar surface area (TPSA) is 21.3 Å². The van der Waals surface area contributed by atoms with Crippen LogP contribution in [0.5, 0.6) is 5.75 Å². The van der Waals surface area contributed by atoms with Gasteiger partial charge in [0, 0.05) is 17.2 Å². The third-order valence-electron chi connectivity index (χ3n) is 3.07. The highest BCUT2D eigenvalue weighted by molar-refractivity contribution is 7.99. The summed E-state index contributed by atoms with van der Waals surface area (Å²) in [5, 5.41) is 3.34. The molecule has 0 bridgehead atoms. The van der Waals surface area contributed by atoms with E-state index in [0.29, 0.717) is 0 Å². The molecule has 0 aliphatic rings. The van der Waals surface area contributed by atoms with Gasteiger partial charge in [0.15, 0.2) is 0 Å². The second-order valence-corrected chi connectivity index (χ2v) is 5.96. The highest BCUT2D eigenvalue weighted by atomic mass is 32.2. The van der Waals surface area contributed by atoms with Crippen molar-refractivity contribution in [1.82, 2.24) is 5.32 Å². The molecule has 0 spiro atoms. The van der Waals surface area contributed by atoms with Gasteiger partial charge in [-0.25, -0.2) is 0 Å². The smallest absolute Gasteiger partial charge is 0.119 e. The monoisotopic (exact) mass is 301 g/mol. The summed E-state index contributed by atoms with van der Waals surface area (Å²) >= 11 is 1.89. The molecule has 0 saturated heterocycles. The lowest BCUT2D eigenvalue weighted by Crippen LogP contribution is -2.11. The summed E-state index contributed by atoms with van der Waals surface area (Å²) in [7, 11) is 0. The maximum absolute atomic E-state index is 5.69. The molecular weight excluding hydrogens is 278 g/mol. The Kier molecular flexibility index (Phi) is 7.19. The van der Waals surface area contributed by atoms with Crippen molar-refractivity contribution in [3.8, 4) is 5.75 Å². The highest BCUT2D eigenvalue weighted by Crippen LogP contribution is 2.19. The van der Waals surface area contributed by atoms with E-state index in [-0.39, 0.29) is 0 Å². The van der Waals surface area contributed by atoms with Crippen LogP contribution in [0.15, 0.2) is 59.5 Å². The molecule has 2 aromatic carbocycles. The van der Waals surface area contributed by atoms with Crippen LogP contribution in [0.2, 0.25) is 0 Å². The molecule has 112 valence electrons. The SMILES string of the molecule is CCNCc1ccc(SCCCOc2ccccc2)cc1. The zero-order valence-corrected chi connectivity index (χ0v) is 13.4. The van der Waals surface area contributed by atoms with E-state index < -0.39 is 0 Å². The van der Waals surface area contributed by atoms with Crippen molar-refractivity contribution in [3.63, 3.8) is 0 Å². The molecule has 2 aromatic rings. The molecule has 0 fully saturated rings. The molecule has 0 saturated carbocycles. The summed E-state index contributed by atoms with van der Waals surface area (Å²) in [6.45, 7) is 4.86. The fourth-order valence-electron chi connectivity index (χ4n) is 1.93. The summed E-state index contributed by atoms with van der Waals surface area (Å²) < 4.78 is 5.69. The van der Waals surface area contributed by atoms with Crippen LogP contribution in [-0.4, -0.2) is 18.9 Å². The fraction of sp³-hybridized carbons (Fsp3) is 0.333. The van der Waals surface area contributed by atoms with Crippen LogP contribution in [-0.2, 0) is 6.54 Å². The predicted octanol–water partition coefficient (Wildman–Crippen LogP) is 4.36. The number of benzene rings is 2. The molecule has 0 amide bonds. The van der Waals surface area contributed by atoms with Crippen LogP contribution in [0.25, 0.3) is 0 Å². The Labute approximate surface area is 131 Å². The van der Waals surface area contributed by atoms with Crippen LogP contribution < -0.4 is 10.1 Å². The molecule has 0 radical (unpaired) electrons. The molecule has 0 heterocycles. The van der Waals surface area contributed by atoms with E-state index in [1.807, 2.05) is 42.1 Å². The number of hydrogen-bond acceptors (Lipinski definition) is 3. The van der Waals surface area contributed by atoms with Gasteiger partial charge in [-0.05, 0) is 42.8 Å². The molecule has 0 aromatic heterocycles. The first-order valence-electron chi connectivity index (χ1n) is 7.49. The molecule has 3 heteroatoms. The van der Waals surface area contributed by atoms with Gasteiger partial charge < -0.3 is 10.1 Å². The van der Waals surface area contributed by atoms with E-state index in [9.17, 15) is 0 Å². The zero-order chi connectivity index (χ0) is 14.8. The lowest BCUT2D eigenvalue weighted by molar-refractivity contribution is 0.319. The fourth-order valence-corrected chi connectivity index (χ4v) is 2.75. The number of thioether (sulfide) groups is 1. The Morgan fingerprint density at radius 2 is 1.76 bits per heavy atom. The van der Waals surface area contributed by atoms with Crippen molar-refractivity contribution >= 4 is 11.8 Å². The van der Waals surface area contributed by atoms with Crippen LogP contribution in [0.1, 0.15) is 18.9 Å². The van der Waals surface area contributed by atoms with Gasteiger partial charge in [0.2, 0.25) is 0 Å². The quantitative estimate of drug-likeness (QED) is 0.549. The molecule has 0 atom stereocenters. The number of rotatable bonds is 9. The first-order chi connectivity index (χ1) is 10.4. The van der Waals surface area contributed by atoms with Gasteiger partial charge in [0.05, 0.1) is 6.61 Å². The lowest BCUT2D eigenvalue weighted by atomic mass is 10.2. The van der Waals surface area contributed by atoms with Crippen molar-refractivity contribution in [2.45, 2.75) is 24.8 Å². The summed E-state index contributed by atoms with van der Waals surface area (Å²) in [5.74, 6) is 2.04. The molecule has 0 aliphatic carbocycles. The molecular formula is C18H23NOS. The Balaban J connectivity index is 1.62. The number of nitrogens with one attached hydrogen (secondary N) is 1. The summed E-state index contributed by atoms with van der Waals surface area (Å²) in [6, 6.07) is 18.8. The van der Waals surface area contributed by atoms with Crippen molar-refractivity contribution in [3.05, 3.63) is 60.2 Å². The normalized spacial score (nSPS) is 10.5. The van der Waals surface area contributed by atoms with Gasteiger partial charge in [-0.15, -0.1) is 11.8 Å². The average Bonchev–Trinajstić information content (AvgIpc) is 2.55. The second-order valence-electron chi connectivity index (χ2n) is 4.79. The molecule has 2 rings (SSSR count). The summed E-state index contributed by atoms with van der Waals surface area (Å²) in [4.78, 5) is 1.33. The van der Waals surface area contributed by atoms with Crippen LogP contribution in [0, 0.1) is 0 Å². The maximum atomic E-state index is 5.69. The van der Waals surface area contributed by atoms with E-state index in [1.165, 1.54) is 10.5 Å². The van der Waals surface area contributed by atoms with Crippen molar-refractivity contribution in [2.75, 3.05) is 18.9 Å². The molecule has 0 unspecified atom stereocenters. The third kappa shape index (κ3) is 6.23. The first kappa shape index (κ1) is 15.9. The number of para-hydroxylation sites is 1. The standard InChI is InChI=1S/C18H23NOS/c1-2-19-15-16-9-11-18(12-10-16)21-14-6-13-20-17-7-4-3-5-8-17/h3-5,7-12,19H,2,6,13-15H2,1H3. The Morgan fingerprint density at radius 1 is 1.00 bits per heavy atom. The lowest BCUT2D eigenvalue weighted by Gasteiger charge is -2.06. The minimum absolute atomic E-state index is 0.773. The van der Waals surface area contributed by atoms with Crippen LogP contribution in [0.4, 0.5) is 0 Å². The molecule has 21 heavy (non-hydrogen) atoms. The minimum atomic E-state index is 0.773. The predicted molar refractivity (Wildman–Crippen MR) is 91.1 cm³/mol. The Hall–Kier alpha value is -1.45. The summed E-state index contributed by atoms with van der Waals surface area (Å²) in [5.41, 5.74) is 1.34. The maximum Gasteiger partial charge on any atom is 0.119 e. The van der Waals surface area contributed by atoms with Gasteiger partial charge in [-0.3, -0.25) is 0 Å². The van der Waals surface area contributed by atoms with Gasteiger partial charge >= 0.3 is 0 Å². The Bertz CT molecular complexity index is 498. The van der Waals surface area contributed by atoms with Gasteiger partial charge in [-0.1, -0.05) is 37.3 Å².